The van der Waals surface area contributed by atoms with E-state index in [2.05, 4.69) is 11.9 Å². The number of fused-ring (bicyclic) bond motifs is 1. The zero-order valence-corrected chi connectivity index (χ0v) is 9.61. The molecule has 0 radical (unpaired) electrons. The lowest BCUT2D eigenvalue weighted by Crippen LogP contribution is -2.24. The second kappa shape index (κ2) is 3.79. The van der Waals surface area contributed by atoms with Crippen molar-refractivity contribution in [2.75, 3.05) is 0 Å². The minimum Gasteiger partial charge on any atom is -0.327 e. The molecule has 1 fully saturated rings. The fourth-order valence-corrected chi connectivity index (χ4v) is 2.66. The van der Waals surface area contributed by atoms with Crippen LogP contribution in [0.3, 0.4) is 0 Å². The maximum atomic E-state index is 13.0. The predicted molar refractivity (Wildman–Crippen MR) is 62.1 cm³/mol. The van der Waals surface area contributed by atoms with Crippen LogP contribution in [0.1, 0.15) is 37.8 Å². The molecule has 1 saturated carbocycles. The van der Waals surface area contributed by atoms with Crippen molar-refractivity contribution in [1.82, 2.24) is 9.55 Å². The van der Waals surface area contributed by atoms with Crippen LogP contribution in [0, 0.1) is 5.92 Å². The zero-order valence-electron chi connectivity index (χ0n) is 9.61. The van der Waals surface area contributed by atoms with Gasteiger partial charge in [-0.2, -0.15) is 0 Å². The number of hydrogen-bond donors (Lipinski definition) is 0. The van der Waals surface area contributed by atoms with Gasteiger partial charge in [-0.15, -0.1) is 0 Å². The largest absolute Gasteiger partial charge is 0.327 e. The van der Waals surface area contributed by atoms with E-state index in [0.717, 1.165) is 12.8 Å². The number of alkyl halides is 2. The molecule has 0 unspecified atom stereocenters. The highest BCUT2D eigenvalue weighted by Crippen LogP contribution is 2.40. The van der Waals surface area contributed by atoms with Gasteiger partial charge in [-0.1, -0.05) is 19.1 Å². The van der Waals surface area contributed by atoms with Crippen molar-refractivity contribution in [2.45, 2.75) is 32.2 Å². The van der Waals surface area contributed by atoms with Gasteiger partial charge in [-0.05, 0) is 24.8 Å². The van der Waals surface area contributed by atoms with Crippen LogP contribution < -0.4 is 0 Å². The molecule has 17 heavy (non-hydrogen) atoms. The Hall–Kier alpha value is -1.45. The Morgan fingerprint density at radius 3 is 2.76 bits per heavy atom. The van der Waals surface area contributed by atoms with Crippen molar-refractivity contribution in [3.63, 3.8) is 0 Å². The van der Waals surface area contributed by atoms with E-state index in [0.29, 0.717) is 23.0 Å². The molecular weight excluding hydrogens is 222 g/mol. The van der Waals surface area contributed by atoms with Crippen LogP contribution in [0.15, 0.2) is 24.5 Å². The van der Waals surface area contributed by atoms with Gasteiger partial charge in [0.25, 0.3) is 6.43 Å². The van der Waals surface area contributed by atoms with Crippen molar-refractivity contribution in [3.05, 3.63) is 30.1 Å². The normalized spacial score (nSPS) is 24.2. The summed E-state index contributed by atoms with van der Waals surface area (Å²) in [4.78, 5) is 4.22. The average Bonchev–Trinajstić information content (AvgIpc) is 2.67. The Morgan fingerprint density at radius 1 is 1.35 bits per heavy atom. The van der Waals surface area contributed by atoms with Crippen molar-refractivity contribution < 1.29 is 8.78 Å². The van der Waals surface area contributed by atoms with E-state index in [1.165, 1.54) is 6.07 Å². The van der Waals surface area contributed by atoms with Crippen molar-refractivity contribution in [3.8, 4) is 0 Å². The summed E-state index contributed by atoms with van der Waals surface area (Å²) >= 11 is 0. The lowest BCUT2D eigenvalue weighted by atomic mass is 9.81. The number of halogens is 2. The molecule has 3 rings (SSSR count). The molecule has 1 aliphatic rings. The first-order chi connectivity index (χ1) is 8.16. The van der Waals surface area contributed by atoms with Crippen LogP contribution in [-0.2, 0) is 0 Å². The van der Waals surface area contributed by atoms with Crippen LogP contribution in [0.5, 0.6) is 0 Å². The van der Waals surface area contributed by atoms with Crippen molar-refractivity contribution in [1.29, 1.82) is 0 Å². The number of hydrogen-bond acceptors (Lipinski definition) is 1. The molecular formula is C13H14F2N2. The quantitative estimate of drug-likeness (QED) is 0.772. The molecule has 1 aliphatic carbocycles. The maximum Gasteiger partial charge on any atom is 0.265 e. The molecule has 1 heterocycles. The van der Waals surface area contributed by atoms with Crippen molar-refractivity contribution >= 4 is 11.0 Å². The SMILES string of the molecule is CC1CC(n2cnc3cccc(C(F)F)c32)C1. The molecule has 1 aromatic carbocycles. The molecule has 0 spiro atoms. The highest BCUT2D eigenvalue weighted by molar-refractivity contribution is 5.79. The lowest BCUT2D eigenvalue weighted by molar-refractivity contribution is 0.151. The van der Waals surface area contributed by atoms with Crippen LogP contribution in [0.25, 0.3) is 11.0 Å². The number of para-hydroxylation sites is 1. The van der Waals surface area contributed by atoms with Gasteiger partial charge in [0.05, 0.1) is 17.4 Å². The van der Waals surface area contributed by atoms with Gasteiger partial charge in [0.15, 0.2) is 0 Å². The fraction of sp³-hybridized carbons (Fsp3) is 0.462. The van der Waals surface area contributed by atoms with Gasteiger partial charge in [0, 0.05) is 11.6 Å². The number of benzene rings is 1. The van der Waals surface area contributed by atoms with E-state index < -0.39 is 6.43 Å². The molecule has 90 valence electrons. The third kappa shape index (κ3) is 1.63. The van der Waals surface area contributed by atoms with E-state index >= 15 is 0 Å². The Bertz CT molecular complexity index is 541. The molecule has 0 saturated heterocycles. The second-order valence-corrected chi connectivity index (χ2v) is 4.90. The lowest BCUT2D eigenvalue weighted by Gasteiger charge is -2.34. The predicted octanol–water partition coefficient (Wildman–Crippen LogP) is 3.94. The summed E-state index contributed by atoms with van der Waals surface area (Å²) in [6.45, 7) is 2.18. The number of imidazole rings is 1. The molecule has 2 aromatic rings. The number of rotatable bonds is 2. The minimum atomic E-state index is -2.44. The van der Waals surface area contributed by atoms with Crippen LogP contribution >= 0.6 is 0 Å². The zero-order chi connectivity index (χ0) is 12.0. The molecule has 1 aromatic heterocycles. The molecule has 0 N–H and O–H groups in total. The van der Waals surface area contributed by atoms with E-state index in [1.807, 2.05) is 4.57 Å². The number of aromatic nitrogens is 2. The molecule has 0 atom stereocenters. The van der Waals surface area contributed by atoms with Crippen LogP contribution in [-0.4, -0.2) is 9.55 Å². The third-order valence-electron chi connectivity index (χ3n) is 3.60. The first kappa shape index (κ1) is 10.7. The monoisotopic (exact) mass is 236 g/mol. The molecule has 4 heteroatoms. The second-order valence-electron chi connectivity index (χ2n) is 4.90. The summed E-state index contributed by atoms with van der Waals surface area (Å²) in [6.07, 6.45) is 1.38. The van der Waals surface area contributed by atoms with Crippen LogP contribution in [0.2, 0.25) is 0 Å². The highest BCUT2D eigenvalue weighted by atomic mass is 19.3. The summed E-state index contributed by atoms with van der Waals surface area (Å²) in [6, 6.07) is 5.27. The molecule has 0 aliphatic heterocycles. The fourth-order valence-electron chi connectivity index (χ4n) is 2.66. The third-order valence-corrected chi connectivity index (χ3v) is 3.60. The summed E-state index contributed by atoms with van der Waals surface area (Å²) in [5, 5.41) is 0. The summed E-state index contributed by atoms with van der Waals surface area (Å²) in [5.41, 5.74) is 1.38. The Kier molecular flexibility index (Phi) is 2.38. The smallest absolute Gasteiger partial charge is 0.265 e. The summed E-state index contributed by atoms with van der Waals surface area (Å²) in [5.74, 6) is 0.691. The molecule has 0 amide bonds. The van der Waals surface area contributed by atoms with Gasteiger partial charge >= 0.3 is 0 Å². The van der Waals surface area contributed by atoms with Gasteiger partial charge in [-0.25, -0.2) is 13.8 Å². The standard InChI is InChI=1S/C13H14F2N2/c1-8-5-9(6-8)17-7-16-11-4-2-3-10(12(11)17)13(14)15/h2-4,7-9,13H,5-6H2,1H3. The van der Waals surface area contributed by atoms with E-state index in [9.17, 15) is 8.78 Å². The molecule has 2 nitrogen and oxygen atoms in total. The minimum absolute atomic E-state index is 0.0968. The maximum absolute atomic E-state index is 13.0. The van der Waals surface area contributed by atoms with Gasteiger partial charge in [-0.3, -0.25) is 0 Å². The number of nitrogens with zero attached hydrogens (tertiary/aromatic N) is 2. The topological polar surface area (TPSA) is 17.8 Å². The van der Waals surface area contributed by atoms with Crippen LogP contribution in [0.4, 0.5) is 8.78 Å². The summed E-state index contributed by atoms with van der Waals surface area (Å²) < 4.78 is 27.9. The van der Waals surface area contributed by atoms with E-state index in [-0.39, 0.29) is 5.56 Å². The van der Waals surface area contributed by atoms with Gasteiger partial charge in [0.2, 0.25) is 0 Å². The van der Waals surface area contributed by atoms with Gasteiger partial charge in [0.1, 0.15) is 0 Å². The Morgan fingerprint density at radius 2 is 2.12 bits per heavy atom. The van der Waals surface area contributed by atoms with Crippen molar-refractivity contribution in [2.24, 2.45) is 5.92 Å². The Labute approximate surface area is 98.3 Å². The molecule has 0 bridgehead atoms. The summed E-state index contributed by atoms with van der Waals surface area (Å²) in [7, 11) is 0. The first-order valence-corrected chi connectivity index (χ1v) is 5.90. The first-order valence-electron chi connectivity index (χ1n) is 5.90. The average molecular weight is 236 g/mol. The van der Waals surface area contributed by atoms with Gasteiger partial charge < -0.3 is 4.57 Å². The van der Waals surface area contributed by atoms with E-state index in [1.54, 1.807) is 18.5 Å². The van der Waals surface area contributed by atoms with E-state index in [4.69, 9.17) is 0 Å². The highest BCUT2D eigenvalue weighted by Gasteiger charge is 2.29. The Balaban J connectivity index is 2.12.